The Bertz CT molecular complexity index is 842. The van der Waals surface area contributed by atoms with Crippen molar-refractivity contribution in [1.82, 2.24) is 25.1 Å². The Hall–Kier alpha value is -2.79. The van der Waals surface area contributed by atoms with Crippen molar-refractivity contribution in [3.63, 3.8) is 0 Å². The molecule has 1 saturated carbocycles. The Morgan fingerprint density at radius 2 is 1.86 bits per heavy atom. The standard InChI is InChI=1S/C17H18F3N5O4/c18-17(19,20)11-3-22-12(4-21-11)29-10-1-15(2-10)5-24(6-15)14(27)25-7-16(8-25)9-28-13(26)23-16/h3-4,10H,1-2,5-9H2,(H,23,26). The molecule has 9 nitrogen and oxygen atoms in total. The van der Waals surface area contributed by atoms with E-state index >= 15 is 0 Å². The molecule has 3 saturated heterocycles. The van der Waals surface area contributed by atoms with Crippen LogP contribution in [0.2, 0.25) is 0 Å². The van der Waals surface area contributed by atoms with E-state index in [0.29, 0.717) is 45.2 Å². The monoisotopic (exact) mass is 413 g/mol. The molecule has 1 aliphatic carbocycles. The molecular weight excluding hydrogens is 395 g/mol. The Balaban J connectivity index is 1.06. The summed E-state index contributed by atoms with van der Waals surface area (Å²) in [5.74, 6) is 0.0665. The van der Waals surface area contributed by atoms with E-state index in [0.717, 1.165) is 6.20 Å². The topological polar surface area (TPSA) is 96.9 Å². The van der Waals surface area contributed by atoms with E-state index in [9.17, 15) is 22.8 Å². The molecule has 12 heteroatoms. The number of hydrogen-bond donors (Lipinski definition) is 1. The molecule has 156 valence electrons. The van der Waals surface area contributed by atoms with Gasteiger partial charge in [0.15, 0.2) is 5.69 Å². The van der Waals surface area contributed by atoms with Crippen molar-refractivity contribution in [2.75, 3.05) is 32.8 Å². The van der Waals surface area contributed by atoms with Gasteiger partial charge in [0, 0.05) is 18.5 Å². The number of nitrogens with one attached hydrogen (secondary N) is 1. The summed E-state index contributed by atoms with van der Waals surface area (Å²) >= 11 is 0. The number of urea groups is 1. The Morgan fingerprint density at radius 3 is 2.41 bits per heavy atom. The number of cyclic esters (lactones) is 1. The molecule has 4 heterocycles. The number of carbonyl (C=O) groups is 2. The molecule has 29 heavy (non-hydrogen) atoms. The lowest BCUT2D eigenvalue weighted by Gasteiger charge is -2.60. The van der Waals surface area contributed by atoms with E-state index in [4.69, 9.17) is 9.47 Å². The van der Waals surface area contributed by atoms with Crippen molar-refractivity contribution < 1.29 is 32.2 Å². The molecule has 1 aromatic rings. The molecule has 3 aliphatic heterocycles. The first-order valence-corrected chi connectivity index (χ1v) is 9.20. The highest BCUT2D eigenvalue weighted by atomic mass is 19.4. The fourth-order valence-corrected chi connectivity index (χ4v) is 4.52. The van der Waals surface area contributed by atoms with Crippen LogP contribution in [0.3, 0.4) is 0 Å². The highest BCUT2D eigenvalue weighted by Gasteiger charge is 2.58. The first-order valence-electron chi connectivity index (χ1n) is 9.20. The molecule has 0 radical (unpaired) electrons. The maximum Gasteiger partial charge on any atom is 0.434 e. The number of likely N-dealkylation sites (tertiary alicyclic amines) is 2. The van der Waals surface area contributed by atoms with Gasteiger partial charge in [-0.3, -0.25) is 0 Å². The van der Waals surface area contributed by atoms with Gasteiger partial charge in [-0.2, -0.15) is 13.2 Å². The number of amides is 3. The zero-order chi connectivity index (χ0) is 20.4. The molecule has 0 bridgehead atoms. The molecule has 4 fully saturated rings. The summed E-state index contributed by atoms with van der Waals surface area (Å²) in [5.41, 5.74) is -1.49. The SMILES string of the molecule is O=C1NC2(CO1)CN(C(=O)N1CC3(CC(Oc4cnc(C(F)(F)F)cn4)C3)C1)C2. The van der Waals surface area contributed by atoms with Crippen LogP contribution in [0.1, 0.15) is 18.5 Å². The molecule has 0 unspecified atom stereocenters. The van der Waals surface area contributed by atoms with E-state index in [2.05, 4.69) is 15.3 Å². The van der Waals surface area contributed by atoms with Gasteiger partial charge in [0.2, 0.25) is 5.88 Å². The van der Waals surface area contributed by atoms with Gasteiger partial charge in [-0.1, -0.05) is 0 Å². The Morgan fingerprint density at radius 1 is 1.17 bits per heavy atom. The molecule has 1 aromatic heterocycles. The fourth-order valence-electron chi connectivity index (χ4n) is 4.52. The van der Waals surface area contributed by atoms with E-state index < -0.39 is 23.5 Å². The molecule has 3 amide bonds. The lowest BCUT2D eigenvalue weighted by molar-refractivity contribution is -0.141. The summed E-state index contributed by atoms with van der Waals surface area (Å²) in [4.78, 5) is 34.1. The van der Waals surface area contributed by atoms with Gasteiger partial charge >= 0.3 is 18.3 Å². The van der Waals surface area contributed by atoms with Gasteiger partial charge in [-0.25, -0.2) is 19.6 Å². The van der Waals surface area contributed by atoms with Crippen molar-refractivity contribution in [3.8, 4) is 5.88 Å². The maximum absolute atomic E-state index is 12.5. The number of halogens is 3. The summed E-state index contributed by atoms with van der Waals surface area (Å²) in [7, 11) is 0. The van der Waals surface area contributed by atoms with Crippen LogP contribution < -0.4 is 10.1 Å². The third kappa shape index (κ3) is 3.10. The van der Waals surface area contributed by atoms with Crippen molar-refractivity contribution in [3.05, 3.63) is 18.1 Å². The minimum absolute atomic E-state index is 0.00685. The zero-order valence-corrected chi connectivity index (χ0v) is 15.2. The van der Waals surface area contributed by atoms with Gasteiger partial charge in [-0.15, -0.1) is 0 Å². The Labute approximate surface area is 163 Å². The van der Waals surface area contributed by atoms with Gasteiger partial charge in [-0.05, 0) is 12.8 Å². The van der Waals surface area contributed by atoms with E-state index in [1.165, 1.54) is 0 Å². The molecule has 0 aromatic carbocycles. The number of alkyl halides is 3. The number of ether oxygens (including phenoxy) is 2. The van der Waals surface area contributed by atoms with Crippen LogP contribution in [0.25, 0.3) is 0 Å². The number of aromatic nitrogens is 2. The highest BCUT2D eigenvalue weighted by Crippen LogP contribution is 2.50. The minimum Gasteiger partial charge on any atom is -0.473 e. The van der Waals surface area contributed by atoms with Crippen LogP contribution >= 0.6 is 0 Å². The van der Waals surface area contributed by atoms with Crippen molar-refractivity contribution in [1.29, 1.82) is 0 Å². The van der Waals surface area contributed by atoms with Crippen molar-refractivity contribution in [2.45, 2.75) is 30.7 Å². The second kappa shape index (κ2) is 5.86. The summed E-state index contributed by atoms with van der Waals surface area (Å²) in [5, 5.41) is 2.74. The second-order valence-electron chi connectivity index (χ2n) is 8.36. The fraction of sp³-hybridized carbons (Fsp3) is 0.647. The third-order valence-electron chi connectivity index (χ3n) is 5.95. The zero-order valence-electron chi connectivity index (χ0n) is 15.2. The second-order valence-corrected chi connectivity index (χ2v) is 8.36. The predicted octanol–water partition coefficient (Wildman–Crippen LogP) is 1.25. The smallest absolute Gasteiger partial charge is 0.434 e. The minimum atomic E-state index is -4.53. The summed E-state index contributed by atoms with van der Waals surface area (Å²) in [6.07, 6.45) is -2.04. The summed E-state index contributed by atoms with van der Waals surface area (Å²) in [6.45, 7) is 2.41. The summed E-state index contributed by atoms with van der Waals surface area (Å²) in [6, 6.07) is -0.0552. The van der Waals surface area contributed by atoms with Gasteiger partial charge in [0.1, 0.15) is 18.2 Å². The van der Waals surface area contributed by atoms with E-state index in [1.807, 2.05) is 0 Å². The molecule has 5 rings (SSSR count). The lowest BCUT2D eigenvalue weighted by Crippen LogP contribution is -2.74. The first-order chi connectivity index (χ1) is 13.7. The van der Waals surface area contributed by atoms with Crippen LogP contribution in [0, 0.1) is 5.41 Å². The molecule has 0 atom stereocenters. The number of nitrogens with zero attached hydrogens (tertiary/aromatic N) is 4. The molecular formula is C17H18F3N5O4. The quantitative estimate of drug-likeness (QED) is 0.784. The first kappa shape index (κ1) is 18.3. The van der Waals surface area contributed by atoms with Gasteiger partial charge in [0.25, 0.3) is 0 Å². The number of rotatable bonds is 2. The predicted molar refractivity (Wildman–Crippen MR) is 88.9 cm³/mol. The van der Waals surface area contributed by atoms with Gasteiger partial charge in [0.05, 0.1) is 25.5 Å². The summed E-state index contributed by atoms with van der Waals surface area (Å²) < 4.78 is 48.0. The molecule has 2 spiro atoms. The van der Waals surface area contributed by atoms with Gasteiger partial charge < -0.3 is 24.6 Å². The number of carbonyl (C=O) groups excluding carboxylic acids is 2. The normalized spacial score (nSPS) is 24.4. The van der Waals surface area contributed by atoms with Crippen molar-refractivity contribution in [2.24, 2.45) is 5.41 Å². The van der Waals surface area contributed by atoms with Crippen molar-refractivity contribution >= 4 is 12.1 Å². The lowest BCUT2D eigenvalue weighted by atomic mass is 9.62. The van der Waals surface area contributed by atoms with Crippen LogP contribution in [0.4, 0.5) is 22.8 Å². The third-order valence-corrected chi connectivity index (χ3v) is 5.95. The maximum atomic E-state index is 12.5. The molecule has 4 aliphatic rings. The number of hydrogen-bond acceptors (Lipinski definition) is 6. The average Bonchev–Trinajstić information content (AvgIpc) is 2.96. The molecule has 1 N–H and O–H groups in total. The van der Waals surface area contributed by atoms with Crippen LogP contribution in [0.15, 0.2) is 12.4 Å². The van der Waals surface area contributed by atoms with Crippen LogP contribution in [-0.4, -0.2) is 76.3 Å². The van der Waals surface area contributed by atoms with Crippen LogP contribution in [0.5, 0.6) is 5.88 Å². The number of alkyl carbamates (subject to hydrolysis) is 1. The Kier molecular flexibility index (Phi) is 3.69. The van der Waals surface area contributed by atoms with Crippen LogP contribution in [-0.2, 0) is 10.9 Å². The average molecular weight is 413 g/mol. The largest absolute Gasteiger partial charge is 0.473 e. The highest BCUT2D eigenvalue weighted by molar-refractivity contribution is 5.78. The van der Waals surface area contributed by atoms with E-state index in [-0.39, 0.29) is 30.0 Å². The van der Waals surface area contributed by atoms with E-state index in [1.54, 1.807) is 9.80 Å².